The molecular weight excluding hydrogens is 741 g/mol. The maximum Gasteiger partial charge on any atom is 0.306 e. The van der Waals surface area contributed by atoms with Gasteiger partial charge in [0.1, 0.15) is 6.61 Å². The van der Waals surface area contributed by atoms with Gasteiger partial charge < -0.3 is 14.2 Å². The van der Waals surface area contributed by atoms with Crippen LogP contribution in [0.25, 0.3) is 0 Å². The second-order valence-corrected chi connectivity index (χ2v) is 16.0. The topological polar surface area (TPSA) is 61.8 Å². The minimum Gasteiger partial charge on any atom is -0.462 e. The molecule has 5 heteroatoms. The Morgan fingerprint density at radius 2 is 0.783 bits per heavy atom. The third-order valence-corrected chi connectivity index (χ3v) is 10.1. The second-order valence-electron chi connectivity index (χ2n) is 16.0. The molecular formula is C55H92O5. The summed E-state index contributed by atoms with van der Waals surface area (Å²) in [6, 6.07) is 0. The van der Waals surface area contributed by atoms with Crippen LogP contribution in [-0.4, -0.2) is 37.9 Å². The molecule has 0 fully saturated rings. The number of hydrogen-bond donors (Lipinski definition) is 0. The van der Waals surface area contributed by atoms with E-state index in [-0.39, 0.29) is 25.2 Å². The van der Waals surface area contributed by atoms with Gasteiger partial charge in [0.05, 0.1) is 6.61 Å². The van der Waals surface area contributed by atoms with Crippen molar-refractivity contribution in [1.82, 2.24) is 0 Å². The van der Waals surface area contributed by atoms with Gasteiger partial charge in [-0.15, -0.1) is 0 Å². The fraction of sp³-hybridized carbons (Fsp3) is 0.673. The average molecular weight is 833 g/mol. The first-order chi connectivity index (χ1) is 29.6. The van der Waals surface area contributed by atoms with Crippen LogP contribution in [0.1, 0.15) is 213 Å². The molecule has 60 heavy (non-hydrogen) atoms. The smallest absolute Gasteiger partial charge is 0.306 e. The Labute approximate surface area is 371 Å². The molecule has 0 aromatic rings. The minimum atomic E-state index is -0.573. The zero-order chi connectivity index (χ0) is 43.5. The van der Waals surface area contributed by atoms with Gasteiger partial charge in [-0.1, -0.05) is 189 Å². The summed E-state index contributed by atoms with van der Waals surface area (Å²) in [7, 11) is 0. The molecule has 1 atom stereocenters. The van der Waals surface area contributed by atoms with E-state index in [2.05, 4.69) is 118 Å². The van der Waals surface area contributed by atoms with E-state index in [4.69, 9.17) is 14.2 Å². The molecule has 0 spiro atoms. The highest BCUT2D eigenvalue weighted by molar-refractivity contribution is 5.70. The fourth-order valence-corrected chi connectivity index (χ4v) is 6.38. The van der Waals surface area contributed by atoms with Crippen LogP contribution in [0.2, 0.25) is 0 Å². The molecule has 0 rings (SSSR count). The van der Waals surface area contributed by atoms with Crippen LogP contribution in [0.3, 0.4) is 0 Å². The number of allylic oxidation sites excluding steroid dienone is 16. The Kier molecular flexibility index (Phi) is 47.5. The van der Waals surface area contributed by atoms with Crippen molar-refractivity contribution in [3.8, 4) is 0 Å². The first-order valence-corrected chi connectivity index (χ1v) is 24.8. The molecule has 0 amide bonds. The summed E-state index contributed by atoms with van der Waals surface area (Å²) in [5.74, 6) is -0.488. The zero-order valence-electron chi connectivity index (χ0n) is 39.2. The molecule has 0 saturated carbocycles. The summed E-state index contributed by atoms with van der Waals surface area (Å²) in [6.45, 7) is 7.56. The predicted molar refractivity (Wildman–Crippen MR) is 260 cm³/mol. The van der Waals surface area contributed by atoms with Crippen molar-refractivity contribution >= 4 is 11.9 Å². The van der Waals surface area contributed by atoms with Gasteiger partial charge >= 0.3 is 11.9 Å². The summed E-state index contributed by atoms with van der Waals surface area (Å²) in [5.41, 5.74) is 0. The van der Waals surface area contributed by atoms with E-state index in [0.29, 0.717) is 19.4 Å². The minimum absolute atomic E-state index is 0.0430. The largest absolute Gasteiger partial charge is 0.462 e. The van der Waals surface area contributed by atoms with Gasteiger partial charge in [0.25, 0.3) is 0 Å². The van der Waals surface area contributed by atoms with E-state index in [0.717, 1.165) is 89.9 Å². The molecule has 0 aliphatic heterocycles. The van der Waals surface area contributed by atoms with Crippen LogP contribution >= 0.6 is 0 Å². The molecule has 0 heterocycles. The number of carbonyl (C=O) groups is 2. The van der Waals surface area contributed by atoms with Gasteiger partial charge in [0, 0.05) is 19.4 Å². The van der Waals surface area contributed by atoms with Gasteiger partial charge in [-0.2, -0.15) is 0 Å². The maximum absolute atomic E-state index is 12.8. The number of carbonyl (C=O) groups excluding carboxylic acids is 2. The molecule has 0 bridgehead atoms. The Morgan fingerprint density at radius 1 is 0.383 bits per heavy atom. The first kappa shape index (κ1) is 56.8. The summed E-state index contributed by atoms with van der Waals surface area (Å²) in [4.78, 5) is 25.3. The van der Waals surface area contributed by atoms with Crippen molar-refractivity contribution in [1.29, 1.82) is 0 Å². The second kappa shape index (κ2) is 50.2. The molecule has 0 aromatic heterocycles. The van der Waals surface area contributed by atoms with E-state index >= 15 is 0 Å². The van der Waals surface area contributed by atoms with Gasteiger partial charge in [-0.25, -0.2) is 0 Å². The summed E-state index contributed by atoms with van der Waals surface area (Å²) in [6.07, 6.45) is 67.0. The lowest BCUT2D eigenvalue weighted by molar-refractivity contribution is -0.163. The number of unbranched alkanes of at least 4 members (excludes halogenated alkanes) is 17. The van der Waals surface area contributed by atoms with Crippen LogP contribution in [0.15, 0.2) is 97.2 Å². The summed E-state index contributed by atoms with van der Waals surface area (Å²) < 4.78 is 17.3. The maximum atomic E-state index is 12.8. The first-order valence-electron chi connectivity index (χ1n) is 24.8. The number of hydrogen-bond acceptors (Lipinski definition) is 5. The lowest BCUT2D eigenvalue weighted by atomic mass is 10.1. The van der Waals surface area contributed by atoms with Crippen molar-refractivity contribution in [2.45, 2.75) is 219 Å². The molecule has 1 unspecified atom stereocenters. The van der Waals surface area contributed by atoms with Gasteiger partial charge in [-0.05, 0) is 109 Å². The Morgan fingerprint density at radius 3 is 1.32 bits per heavy atom. The van der Waals surface area contributed by atoms with Crippen LogP contribution in [0, 0.1) is 0 Å². The van der Waals surface area contributed by atoms with E-state index < -0.39 is 6.10 Å². The Bertz CT molecular complexity index is 1170. The number of esters is 2. The Hall–Kier alpha value is -3.18. The SMILES string of the molecule is CC/C=C\C/C=C\C/C=C\C/C=C\C/C=C\CCCC(=O)OCC(COCCCCCCCC/C=C\CCCC)OC(=O)CCCCCCC/C=C\C/C=C\CCCCC. The van der Waals surface area contributed by atoms with Crippen LogP contribution in [0.5, 0.6) is 0 Å². The van der Waals surface area contributed by atoms with Crippen molar-refractivity contribution < 1.29 is 23.8 Å². The molecule has 0 radical (unpaired) electrons. The van der Waals surface area contributed by atoms with Crippen molar-refractivity contribution in [3.63, 3.8) is 0 Å². The normalized spacial score (nSPS) is 13.1. The molecule has 0 aliphatic rings. The van der Waals surface area contributed by atoms with E-state index in [1.165, 1.54) is 89.9 Å². The molecule has 0 saturated heterocycles. The number of rotatable bonds is 44. The van der Waals surface area contributed by atoms with Crippen LogP contribution in [-0.2, 0) is 23.8 Å². The van der Waals surface area contributed by atoms with Gasteiger partial charge in [0.15, 0.2) is 6.10 Å². The highest BCUT2D eigenvalue weighted by Gasteiger charge is 2.17. The van der Waals surface area contributed by atoms with Crippen molar-refractivity contribution in [2.75, 3.05) is 19.8 Å². The molecule has 0 aromatic carbocycles. The lowest BCUT2D eigenvalue weighted by Crippen LogP contribution is -2.30. The predicted octanol–water partition coefficient (Wildman–Crippen LogP) is 16.7. The standard InChI is InChI=1S/C55H92O5/c1-4-7-10-13-16-19-22-25-27-28-30-31-33-36-39-42-45-48-54(56)59-52-53(51-58-50-47-44-41-38-35-24-21-18-15-12-9-6-3)60-55(57)49-46-43-40-37-34-32-29-26-23-20-17-14-11-8-5-2/h7,10,15-20,25-27,29-31,36,39,53H,4-6,8-9,11-14,21-24,28,32-35,37-38,40-52H2,1-3H3/b10-7-,18-15-,19-16-,20-17-,27-25-,29-26-,31-30-,39-36-. The van der Waals surface area contributed by atoms with Gasteiger partial charge in [0.2, 0.25) is 0 Å². The Balaban J connectivity index is 4.40. The van der Waals surface area contributed by atoms with Gasteiger partial charge in [-0.3, -0.25) is 9.59 Å². The van der Waals surface area contributed by atoms with Crippen LogP contribution in [0.4, 0.5) is 0 Å². The molecule has 5 nitrogen and oxygen atoms in total. The highest BCUT2D eigenvalue weighted by Crippen LogP contribution is 2.12. The van der Waals surface area contributed by atoms with E-state index in [1.807, 2.05) is 0 Å². The third-order valence-electron chi connectivity index (χ3n) is 10.1. The molecule has 0 aliphatic carbocycles. The zero-order valence-corrected chi connectivity index (χ0v) is 39.2. The third kappa shape index (κ3) is 47.5. The summed E-state index contributed by atoms with van der Waals surface area (Å²) >= 11 is 0. The fourth-order valence-electron chi connectivity index (χ4n) is 6.38. The summed E-state index contributed by atoms with van der Waals surface area (Å²) in [5, 5.41) is 0. The van der Waals surface area contributed by atoms with Crippen molar-refractivity contribution in [2.24, 2.45) is 0 Å². The van der Waals surface area contributed by atoms with E-state index in [1.54, 1.807) is 0 Å². The van der Waals surface area contributed by atoms with Crippen molar-refractivity contribution in [3.05, 3.63) is 97.2 Å². The van der Waals surface area contributed by atoms with Crippen LogP contribution < -0.4 is 0 Å². The van der Waals surface area contributed by atoms with E-state index in [9.17, 15) is 9.59 Å². The lowest BCUT2D eigenvalue weighted by Gasteiger charge is -2.18. The molecule has 0 N–H and O–H groups in total. The average Bonchev–Trinajstić information content (AvgIpc) is 3.25. The highest BCUT2D eigenvalue weighted by atomic mass is 16.6. The molecule has 342 valence electrons. The monoisotopic (exact) mass is 833 g/mol. The quantitative estimate of drug-likeness (QED) is 0.0348. The number of ether oxygens (including phenoxy) is 3.